The maximum Gasteiger partial charge on any atom is 0.286 e. The van der Waals surface area contributed by atoms with Crippen molar-refractivity contribution in [3.63, 3.8) is 0 Å². The highest BCUT2D eigenvalue weighted by Crippen LogP contribution is 2.39. The smallest absolute Gasteiger partial charge is 0.286 e. The van der Waals surface area contributed by atoms with Crippen LogP contribution in [-0.4, -0.2) is 19.5 Å². The molecule has 1 heterocycles. The monoisotopic (exact) mass is 424 g/mol. The number of hydrogen-bond acceptors (Lipinski definition) is 6. The van der Waals surface area contributed by atoms with E-state index in [0.29, 0.717) is 11.4 Å². The Morgan fingerprint density at radius 2 is 1.52 bits per heavy atom. The molecule has 0 aliphatic carbocycles. The van der Waals surface area contributed by atoms with Gasteiger partial charge >= 0.3 is 0 Å². The van der Waals surface area contributed by atoms with E-state index in [9.17, 15) is 13.2 Å². The number of nitrogens with one attached hydrogen (secondary N) is 2. The number of para-hydroxylation sites is 1. The molecular weight excluding hydrogens is 408 g/mol. The van der Waals surface area contributed by atoms with Gasteiger partial charge in [-0.25, -0.2) is 13.9 Å². The fourth-order valence-electron chi connectivity index (χ4n) is 3.05. The summed E-state index contributed by atoms with van der Waals surface area (Å²) >= 11 is 1.20. The molecule has 0 unspecified atom stereocenters. The van der Waals surface area contributed by atoms with Crippen molar-refractivity contribution in [1.29, 1.82) is 0 Å². The summed E-state index contributed by atoms with van der Waals surface area (Å²) < 4.78 is 27.2. The number of carbonyl (C=O) groups excluding carboxylic acids is 1. The van der Waals surface area contributed by atoms with Crippen molar-refractivity contribution >= 4 is 48.5 Å². The van der Waals surface area contributed by atoms with Gasteiger partial charge in [0.25, 0.3) is 5.91 Å². The molecule has 0 bridgehead atoms. The van der Waals surface area contributed by atoms with Gasteiger partial charge in [0.15, 0.2) is 0 Å². The Bertz CT molecular complexity index is 1300. The molecule has 4 aromatic rings. The zero-order valence-electron chi connectivity index (χ0n) is 15.0. The van der Waals surface area contributed by atoms with Gasteiger partial charge in [0.2, 0.25) is 9.84 Å². The second-order valence-corrected chi connectivity index (χ2v) is 9.15. The van der Waals surface area contributed by atoms with Gasteiger partial charge in [0.1, 0.15) is 4.88 Å². The Labute approximate surface area is 171 Å². The minimum Gasteiger partial charge on any atom is -0.353 e. The average molecular weight is 425 g/mol. The fraction of sp³-hybridized carbons (Fsp3) is 0. The molecule has 146 valence electrons. The summed E-state index contributed by atoms with van der Waals surface area (Å²) in [5, 5.41) is 13.0. The molecule has 3 N–H and O–H groups in total. The van der Waals surface area contributed by atoms with E-state index < -0.39 is 15.7 Å². The second kappa shape index (κ2) is 7.67. The molecule has 0 fully saturated rings. The minimum atomic E-state index is -3.77. The van der Waals surface area contributed by atoms with Crippen molar-refractivity contribution in [2.24, 2.45) is 0 Å². The standard InChI is InChI=1S/C21H16N2O4S2/c24-21(23-25)20-19(15-10-4-6-12-17(15)28-20)22-16-11-5-7-13-18(16)29(26,27)14-8-2-1-3-9-14/h1-13,22,25H,(H,23,24). The quantitative estimate of drug-likeness (QED) is 0.322. The Hall–Kier alpha value is -3.20. The molecule has 0 atom stereocenters. The van der Waals surface area contributed by atoms with E-state index in [1.165, 1.54) is 29.5 Å². The fourth-order valence-corrected chi connectivity index (χ4v) is 5.53. The molecule has 8 heteroatoms. The molecule has 0 aliphatic heterocycles. The summed E-state index contributed by atoms with van der Waals surface area (Å²) in [6.45, 7) is 0. The average Bonchev–Trinajstić information content (AvgIpc) is 3.12. The van der Waals surface area contributed by atoms with Gasteiger partial charge in [-0.1, -0.05) is 48.5 Å². The first-order chi connectivity index (χ1) is 14.0. The van der Waals surface area contributed by atoms with Crippen LogP contribution in [-0.2, 0) is 9.84 Å². The number of thiophene rings is 1. The summed E-state index contributed by atoms with van der Waals surface area (Å²) in [7, 11) is -3.77. The Balaban J connectivity index is 1.87. The third-order valence-electron chi connectivity index (χ3n) is 4.39. The van der Waals surface area contributed by atoms with Gasteiger partial charge in [0, 0.05) is 10.1 Å². The van der Waals surface area contributed by atoms with E-state index in [1.54, 1.807) is 41.9 Å². The number of rotatable bonds is 5. The summed E-state index contributed by atoms with van der Waals surface area (Å²) in [4.78, 5) is 12.7. The van der Waals surface area contributed by atoms with E-state index in [-0.39, 0.29) is 14.7 Å². The summed E-state index contributed by atoms with van der Waals surface area (Å²) in [5.74, 6) is -0.669. The topological polar surface area (TPSA) is 95.5 Å². The highest BCUT2D eigenvalue weighted by Gasteiger charge is 2.24. The largest absolute Gasteiger partial charge is 0.353 e. The number of fused-ring (bicyclic) bond motifs is 1. The van der Waals surface area contributed by atoms with Crippen LogP contribution in [0.4, 0.5) is 11.4 Å². The van der Waals surface area contributed by atoms with Crippen molar-refractivity contribution in [2.45, 2.75) is 9.79 Å². The predicted molar refractivity (Wildman–Crippen MR) is 113 cm³/mol. The van der Waals surface area contributed by atoms with Crippen LogP contribution in [0.15, 0.2) is 88.7 Å². The van der Waals surface area contributed by atoms with E-state index in [2.05, 4.69) is 5.32 Å². The summed E-state index contributed by atoms with van der Waals surface area (Å²) in [6.07, 6.45) is 0. The van der Waals surface area contributed by atoms with Gasteiger partial charge in [0.05, 0.1) is 21.2 Å². The Morgan fingerprint density at radius 3 is 2.28 bits per heavy atom. The third kappa shape index (κ3) is 3.49. The lowest BCUT2D eigenvalue weighted by molar-refractivity contribution is 0.0712. The van der Waals surface area contributed by atoms with Crippen LogP contribution >= 0.6 is 11.3 Å². The van der Waals surface area contributed by atoms with Crippen molar-refractivity contribution in [1.82, 2.24) is 5.48 Å². The third-order valence-corrected chi connectivity index (χ3v) is 7.39. The minimum absolute atomic E-state index is 0.0943. The number of amides is 1. The molecule has 29 heavy (non-hydrogen) atoms. The summed E-state index contributed by atoms with van der Waals surface area (Å²) in [6, 6.07) is 22.0. The molecule has 0 radical (unpaired) electrons. The van der Waals surface area contributed by atoms with Gasteiger partial charge in [-0.3, -0.25) is 10.0 Å². The van der Waals surface area contributed by atoms with Crippen molar-refractivity contribution in [3.8, 4) is 0 Å². The van der Waals surface area contributed by atoms with Crippen molar-refractivity contribution in [2.75, 3.05) is 5.32 Å². The van der Waals surface area contributed by atoms with Gasteiger partial charge in [-0.2, -0.15) is 0 Å². The van der Waals surface area contributed by atoms with E-state index in [0.717, 1.165) is 10.1 Å². The number of hydroxylamine groups is 1. The van der Waals surface area contributed by atoms with Gasteiger partial charge in [-0.15, -0.1) is 11.3 Å². The highest BCUT2D eigenvalue weighted by molar-refractivity contribution is 7.91. The number of carbonyl (C=O) groups is 1. The van der Waals surface area contributed by atoms with Crippen LogP contribution in [0.3, 0.4) is 0 Å². The molecule has 0 spiro atoms. The maximum atomic E-state index is 13.2. The molecule has 6 nitrogen and oxygen atoms in total. The number of benzene rings is 3. The first kappa shape index (κ1) is 19.1. The zero-order chi connectivity index (χ0) is 20.4. The van der Waals surface area contributed by atoms with Crippen molar-refractivity contribution in [3.05, 3.63) is 83.7 Å². The predicted octanol–water partition coefficient (Wildman–Crippen LogP) is 4.60. The maximum absolute atomic E-state index is 13.2. The van der Waals surface area contributed by atoms with Crippen LogP contribution in [0.1, 0.15) is 9.67 Å². The van der Waals surface area contributed by atoms with Gasteiger partial charge < -0.3 is 5.32 Å². The first-order valence-electron chi connectivity index (χ1n) is 8.64. The van der Waals surface area contributed by atoms with E-state index >= 15 is 0 Å². The van der Waals surface area contributed by atoms with E-state index in [1.807, 2.05) is 24.3 Å². The SMILES string of the molecule is O=C(NO)c1sc2ccccc2c1Nc1ccccc1S(=O)(=O)c1ccccc1. The molecule has 0 aliphatic rings. The Morgan fingerprint density at radius 1 is 0.862 bits per heavy atom. The van der Waals surface area contributed by atoms with Crippen LogP contribution in [0.25, 0.3) is 10.1 Å². The first-order valence-corrected chi connectivity index (χ1v) is 10.9. The molecule has 0 saturated heterocycles. The van der Waals surface area contributed by atoms with Crippen LogP contribution in [0, 0.1) is 0 Å². The van der Waals surface area contributed by atoms with Crippen LogP contribution in [0.5, 0.6) is 0 Å². The molecule has 1 aromatic heterocycles. The molecule has 1 amide bonds. The highest BCUT2D eigenvalue weighted by atomic mass is 32.2. The molecule has 3 aromatic carbocycles. The number of sulfone groups is 1. The van der Waals surface area contributed by atoms with E-state index in [4.69, 9.17) is 5.21 Å². The van der Waals surface area contributed by atoms with Crippen molar-refractivity contribution < 1.29 is 18.4 Å². The zero-order valence-corrected chi connectivity index (χ0v) is 16.6. The molecular formula is C21H16N2O4S2. The molecule has 4 rings (SSSR count). The lowest BCUT2D eigenvalue weighted by Crippen LogP contribution is -2.18. The second-order valence-electron chi connectivity index (χ2n) is 6.18. The lowest BCUT2D eigenvalue weighted by atomic mass is 10.2. The number of anilines is 2. The summed E-state index contributed by atoms with van der Waals surface area (Å²) in [5.41, 5.74) is 2.43. The van der Waals surface area contributed by atoms with Crippen LogP contribution in [0.2, 0.25) is 0 Å². The normalized spacial score (nSPS) is 11.3. The lowest BCUT2D eigenvalue weighted by Gasteiger charge is -2.13. The molecule has 0 saturated carbocycles. The van der Waals surface area contributed by atoms with Gasteiger partial charge in [-0.05, 0) is 30.3 Å². The Kier molecular flexibility index (Phi) is 5.06. The van der Waals surface area contributed by atoms with Crippen LogP contribution < -0.4 is 10.8 Å². The number of hydrogen-bond donors (Lipinski definition) is 3.